The standard InChI is InChI=1S/C11H13F2N/c12-11(13)8-2-1-7-3-4-10(14)6-9(7)5-8/h1-2,5,10-11H,3-4,6,14H2/t10-/m1/s1. The fourth-order valence-electron chi connectivity index (χ4n) is 1.94. The van der Waals surface area contributed by atoms with Gasteiger partial charge in [0.1, 0.15) is 0 Å². The fraction of sp³-hybridized carbons (Fsp3) is 0.455. The summed E-state index contributed by atoms with van der Waals surface area (Å²) >= 11 is 0. The van der Waals surface area contributed by atoms with E-state index in [0.29, 0.717) is 0 Å². The Kier molecular flexibility index (Phi) is 2.50. The van der Waals surface area contributed by atoms with Gasteiger partial charge in [0.05, 0.1) is 0 Å². The summed E-state index contributed by atoms with van der Waals surface area (Å²) in [5, 5.41) is 0. The summed E-state index contributed by atoms with van der Waals surface area (Å²) in [6.07, 6.45) is 0.232. The molecular formula is C11H13F2N. The molecule has 2 N–H and O–H groups in total. The van der Waals surface area contributed by atoms with Crippen molar-refractivity contribution in [3.8, 4) is 0 Å². The lowest BCUT2D eigenvalue weighted by molar-refractivity contribution is 0.151. The third-order valence-corrected chi connectivity index (χ3v) is 2.75. The van der Waals surface area contributed by atoms with Crippen molar-refractivity contribution in [2.24, 2.45) is 5.73 Å². The zero-order valence-corrected chi connectivity index (χ0v) is 7.84. The second-order valence-corrected chi connectivity index (χ2v) is 3.83. The number of benzene rings is 1. The van der Waals surface area contributed by atoms with E-state index in [9.17, 15) is 8.78 Å². The summed E-state index contributed by atoms with van der Waals surface area (Å²) in [6, 6.07) is 5.05. The number of halogens is 2. The molecule has 0 unspecified atom stereocenters. The van der Waals surface area contributed by atoms with Gasteiger partial charge in [0.25, 0.3) is 6.43 Å². The molecule has 14 heavy (non-hydrogen) atoms. The zero-order valence-electron chi connectivity index (χ0n) is 7.84. The Morgan fingerprint density at radius 3 is 2.79 bits per heavy atom. The largest absolute Gasteiger partial charge is 0.327 e. The zero-order chi connectivity index (χ0) is 10.1. The molecule has 1 aromatic carbocycles. The van der Waals surface area contributed by atoms with E-state index >= 15 is 0 Å². The molecule has 1 nitrogen and oxygen atoms in total. The van der Waals surface area contributed by atoms with Gasteiger partial charge >= 0.3 is 0 Å². The van der Waals surface area contributed by atoms with E-state index in [1.165, 1.54) is 11.6 Å². The molecule has 1 atom stereocenters. The van der Waals surface area contributed by atoms with Crippen LogP contribution in [-0.4, -0.2) is 6.04 Å². The van der Waals surface area contributed by atoms with Crippen LogP contribution in [0.5, 0.6) is 0 Å². The van der Waals surface area contributed by atoms with Crippen LogP contribution in [0, 0.1) is 0 Å². The van der Waals surface area contributed by atoms with Crippen molar-refractivity contribution >= 4 is 0 Å². The van der Waals surface area contributed by atoms with E-state index in [-0.39, 0.29) is 11.6 Å². The van der Waals surface area contributed by atoms with Gasteiger partial charge < -0.3 is 5.73 Å². The summed E-state index contributed by atoms with van der Waals surface area (Å²) < 4.78 is 24.8. The van der Waals surface area contributed by atoms with Crippen molar-refractivity contribution in [2.75, 3.05) is 0 Å². The van der Waals surface area contributed by atoms with E-state index in [0.717, 1.165) is 24.8 Å². The molecule has 0 saturated heterocycles. The third-order valence-electron chi connectivity index (χ3n) is 2.75. The van der Waals surface area contributed by atoms with Crippen molar-refractivity contribution in [2.45, 2.75) is 31.7 Å². The van der Waals surface area contributed by atoms with E-state index in [2.05, 4.69) is 0 Å². The maximum absolute atomic E-state index is 12.4. The van der Waals surface area contributed by atoms with E-state index in [4.69, 9.17) is 5.73 Å². The number of hydrogen-bond donors (Lipinski definition) is 1. The maximum Gasteiger partial charge on any atom is 0.263 e. The van der Waals surface area contributed by atoms with E-state index < -0.39 is 6.43 Å². The monoisotopic (exact) mass is 197 g/mol. The Morgan fingerprint density at radius 2 is 2.07 bits per heavy atom. The third kappa shape index (κ3) is 1.77. The molecule has 0 amide bonds. The van der Waals surface area contributed by atoms with Crippen LogP contribution in [0.25, 0.3) is 0 Å². The number of nitrogens with two attached hydrogens (primary N) is 1. The van der Waals surface area contributed by atoms with Crippen molar-refractivity contribution in [1.82, 2.24) is 0 Å². The number of aryl methyl sites for hydroxylation is 1. The Morgan fingerprint density at radius 1 is 1.29 bits per heavy atom. The Balaban J connectivity index is 2.33. The maximum atomic E-state index is 12.4. The van der Waals surface area contributed by atoms with E-state index in [1.54, 1.807) is 6.07 Å². The normalized spacial score (nSPS) is 21.0. The van der Waals surface area contributed by atoms with Crippen LogP contribution in [0.1, 0.15) is 29.5 Å². The molecule has 0 bridgehead atoms. The van der Waals surface area contributed by atoms with Crippen molar-refractivity contribution in [3.05, 3.63) is 34.9 Å². The molecule has 0 fully saturated rings. The molecule has 0 aromatic heterocycles. The van der Waals surface area contributed by atoms with Crippen LogP contribution < -0.4 is 5.73 Å². The van der Waals surface area contributed by atoms with Crippen LogP contribution in [0.2, 0.25) is 0 Å². The summed E-state index contributed by atoms with van der Waals surface area (Å²) in [6.45, 7) is 0. The Labute approximate surface area is 81.9 Å². The van der Waals surface area contributed by atoms with Crippen molar-refractivity contribution < 1.29 is 8.78 Å². The minimum absolute atomic E-state index is 0.109. The van der Waals surface area contributed by atoms with Gasteiger partial charge in [-0.05, 0) is 36.5 Å². The highest BCUT2D eigenvalue weighted by molar-refractivity contribution is 5.35. The number of hydrogen-bond acceptors (Lipinski definition) is 1. The van der Waals surface area contributed by atoms with Gasteiger partial charge in [0, 0.05) is 11.6 Å². The van der Waals surface area contributed by atoms with Gasteiger partial charge in [0.15, 0.2) is 0 Å². The average Bonchev–Trinajstić information content (AvgIpc) is 2.16. The van der Waals surface area contributed by atoms with Crippen molar-refractivity contribution in [1.29, 1.82) is 0 Å². The van der Waals surface area contributed by atoms with Crippen LogP contribution in [0.3, 0.4) is 0 Å². The fourth-order valence-corrected chi connectivity index (χ4v) is 1.94. The smallest absolute Gasteiger partial charge is 0.263 e. The van der Waals surface area contributed by atoms with Gasteiger partial charge in [-0.25, -0.2) is 8.78 Å². The highest BCUT2D eigenvalue weighted by atomic mass is 19.3. The second kappa shape index (κ2) is 3.65. The molecule has 0 heterocycles. The average molecular weight is 197 g/mol. The molecular weight excluding hydrogens is 184 g/mol. The second-order valence-electron chi connectivity index (χ2n) is 3.83. The van der Waals surface area contributed by atoms with Crippen molar-refractivity contribution in [3.63, 3.8) is 0 Å². The molecule has 2 rings (SSSR count). The first-order valence-electron chi connectivity index (χ1n) is 4.82. The Bertz CT molecular complexity index is 336. The van der Waals surface area contributed by atoms with Gasteiger partial charge in [-0.2, -0.15) is 0 Å². The Hall–Kier alpha value is -0.960. The van der Waals surface area contributed by atoms with E-state index in [1.807, 2.05) is 6.07 Å². The first kappa shape index (κ1) is 9.59. The predicted octanol–water partition coefficient (Wildman–Crippen LogP) is 2.44. The molecule has 1 aliphatic rings. The summed E-state index contributed by atoms with van der Waals surface area (Å²) in [5.74, 6) is 0. The highest BCUT2D eigenvalue weighted by Crippen LogP contribution is 2.26. The molecule has 0 spiro atoms. The van der Waals surface area contributed by atoms with Gasteiger partial charge in [-0.1, -0.05) is 12.1 Å². The lowest BCUT2D eigenvalue weighted by Gasteiger charge is -2.21. The molecule has 0 saturated carbocycles. The summed E-state index contributed by atoms with van der Waals surface area (Å²) in [7, 11) is 0. The van der Waals surface area contributed by atoms with Crippen LogP contribution >= 0.6 is 0 Å². The minimum atomic E-state index is -2.38. The first-order valence-corrected chi connectivity index (χ1v) is 4.82. The number of alkyl halides is 2. The van der Waals surface area contributed by atoms with Gasteiger partial charge in [-0.3, -0.25) is 0 Å². The lowest BCUT2D eigenvalue weighted by atomic mass is 9.88. The van der Waals surface area contributed by atoms with Gasteiger partial charge in [-0.15, -0.1) is 0 Å². The molecule has 76 valence electrons. The first-order chi connectivity index (χ1) is 6.66. The molecule has 0 aliphatic heterocycles. The highest BCUT2D eigenvalue weighted by Gasteiger charge is 2.17. The predicted molar refractivity (Wildman–Crippen MR) is 51.4 cm³/mol. The van der Waals surface area contributed by atoms with Crippen LogP contribution in [0.15, 0.2) is 18.2 Å². The SMILES string of the molecule is N[C@@H]1CCc2ccc(C(F)F)cc2C1. The number of fused-ring (bicyclic) bond motifs is 1. The molecule has 3 heteroatoms. The lowest BCUT2D eigenvalue weighted by Crippen LogP contribution is -2.27. The van der Waals surface area contributed by atoms with Gasteiger partial charge in [0.2, 0.25) is 0 Å². The molecule has 0 radical (unpaired) electrons. The topological polar surface area (TPSA) is 26.0 Å². The minimum Gasteiger partial charge on any atom is -0.327 e. The molecule has 1 aliphatic carbocycles. The van der Waals surface area contributed by atoms with Crippen LogP contribution in [-0.2, 0) is 12.8 Å². The number of rotatable bonds is 1. The summed E-state index contributed by atoms with van der Waals surface area (Å²) in [5.41, 5.74) is 8.08. The summed E-state index contributed by atoms with van der Waals surface area (Å²) in [4.78, 5) is 0. The van der Waals surface area contributed by atoms with Crippen LogP contribution in [0.4, 0.5) is 8.78 Å². The molecule has 1 aromatic rings. The quantitative estimate of drug-likeness (QED) is 0.735.